The molecule has 4 rings (SSSR count). The Morgan fingerprint density at radius 1 is 1.11 bits per heavy atom. The number of anilines is 1. The average molecular weight is 380 g/mol. The van der Waals surface area contributed by atoms with E-state index in [9.17, 15) is 14.0 Å². The molecule has 1 saturated carbocycles. The molecule has 0 bridgehead atoms. The first-order chi connectivity index (χ1) is 13.6. The number of hydrogen-bond acceptors (Lipinski definition) is 2. The molecule has 5 heteroatoms. The molecule has 2 aliphatic rings. The summed E-state index contributed by atoms with van der Waals surface area (Å²) in [5.74, 6) is -0.598. The largest absolute Gasteiger partial charge is 0.351 e. The van der Waals surface area contributed by atoms with Gasteiger partial charge in [-0.1, -0.05) is 49.6 Å². The zero-order chi connectivity index (χ0) is 19.6. The first kappa shape index (κ1) is 18.7. The SMILES string of the molecule is O=CN(c1cccc(F)c1)C1(C(=O)NC2CCCCC2)CCc2ccccc21. The van der Waals surface area contributed by atoms with Crippen LogP contribution in [-0.4, -0.2) is 18.4 Å². The number of aryl methyl sites for hydroxylation is 1. The van der Waals surface area contributed by atoms with Crippen LogP contribution in [0, 0.1) is 5.82 Å². The Balaban J connectivity index is 1.78. The van der Waals surface area contributed by atoms with Crippen molar-refractivity contribution in [3.63, 3.8) is 0 Å². The molecule has 2 aliphatic carbocycles. The van der Waals surface area contributed by atoms with Crippen molar-refractivity contribution in [3.05, 3.63) is 65.5 Å². The Kier molecular flexibility index (Phi) is 5.16. The molecule has 28 heavy (non-hydrogen) atoms. The normalized spacial score (nSPS) is 21.8. The monoisotopic (exact) mass is 380 g/mol. The third kappa shape index (κ3) is 3.19. The van der Waals surface area contributed by atoms with Crippen LogP contribution in [0.15, 0.2) is 48.5 Å². The Bertz CT molecular complexity index is 878. The molecule has 0 spiro atoms. The number of carbonyl (C=O) groups excluding carboxylic acids is 2. The number of halogens is 1. The van der Waals surface area contributed by atoms with E-state index in [1.54, 1.807) is 12.1 Å². The molecule has 2 aromatic carbocycles. The summed E-state index contributed by atoms with van der Waals surface area (Å²) in [6.07, 6.45) is 7.19. The summed E-state index contributed by atoms with van der Waals surface area (Å²) < 4.78 is 13.9. The zero-order valence-electron chi connectivity index (χ0n) is 15.9. The minimum Gasteiger partial charge on any atom is -0.351 e. The summed E-state index contributed by atoms with van der Waals surface area (Å²) in [5, 5.41) is 3.21. The fraction of sp³-hybridized carbons (Fsp3) is 0.391. The van der Waals surface area contributed by atoms with Gasteiger partial charge < -0.3 is 5.32 Å². The maximum Gasteiger partial charge on any atom is 0.251 e. The number of fused-ring (bicyclic) bond motifs is 1. The molecule has 1 unspecified atom stereocenters. The number of carbonyl (C=O) groups is 2. The fourth-order valence-electron chi connectivity index (χ4n) is 4.74. The van der Waals surface area contributed by atoms with Crippen LogP contribution >= 0.6 is 0 Å². The molecule has 0 saturated heterocycles. The number of nitrogens with one attached hydrogen (secondary N) is 1. The molecule has 0 aliphatic heterocycles. The quantitative estimate of drug-likeness (QED) is 0.795. The van der Waals surface area contributed by atoms with Gasteiger partial charge in [0.15, 0.2) is 5.54 Å². The van der Waals surface area contributed by atoms with Crippen LogP contribution < -0.4 is 10.2 Å². The number of rotatable bonds is 5. The molecule has 1 fully saturated rings. The van der Waals surface area contributed by atoms with Crippen molar-refractivity contribution in [1.29, 1.82) is 0 Å². The summed E-state index contributed by atoms with van der Waals surface area (Å²) in [6, 6.07) is 13.8. The lowest BCUT2D eigenvalue weighted by atomic mass is 9.86. The first-order valence-electron chi connectivity index (χ1n) is 10.0. The van der Waals surface area contributed by atoms with E-state index < -0.39 is 11.4 Å². The highest BCUT2D eigenvalue weighted by molar-refractivity contribution is 5.98. The molecule has 4 nitrogen and oxygen atoms in total. The van der Waals surface area contributed by atoms with Crippen molar-refractivity contribution in [2.75, 3.05) is 4.90 Å². The Morgan fingerprint density at radius 3 is 2.64 bits per heavy atom. The zero-order valence-corrected chi connectivity index (χ0v) is 15.9. The Labute approximate surface area is 164 Å². The number of amides is 2. The van der Waals surface area contributed by atoms with E-state index in [1.807, 2.05) is 24.3 Å². The predicted molar refractivity (Wildman–Crippen MR) is 106 cm³/mol. The number of benzene rings is 2. The second-order valence-electron chi connectivity index (χ2n) is 7.78. The van der Waals surface area contributed by atoms with Crippen molar-refractivity contribution in [2.24, 2.45) is 0 Å². The summed E-state index contributed by atoms with van der Waals surface area (Å²) in [7, 11) is 0. The molecule has 0 radical (unpaired) electrons. The Hall–Kier alpha value is -2.69. The highest BCUT2D eigenvalue weighted by Crippen LogP contribution is 2.44. The van der Waals surface area contributed by atoms with Crippen LogP contribution in [0.2, 0.25) is 0 Å². The minimum atomic E-state index is -1.15. The van der Waals surface area contributed by atoms with Crippen LogP contribution in [0.25, 0.3) is 0 Å². The summed E-state index contributed by atoms with van der Waals surface area (Å²) in [6.45, 7) is 0. The molecular formula is C23H25FN2O2. The minimum absolute atomic E-state index is 0.131. The van der Waals surface area contributed by atoms with Gasteiger partial charge in [0.25, 0.3) is 5.91 Å². The summed E-state index contributed by atoms with van der Waals surface area (Å²) in [5.41, 5.74) is 1.14. The van der Waals surface area contributed by atoms with Crippen LogP contribution in [-0.2, 0) is 21.5 Å². The lowest BCUT2D eigenvalue weighted by molar-refractivity contribution is -0.129. The molecule has 2 aromatic rings. The van der Waals surface area contributed by atoms with Crippen LogP contribution in [0.4, 0.5) is 10.1 Å². The smallest absolute Gasteiger partial charge is 0.251 e. The van der Waals surface area contributed by atoms with Gasteiger partial charge in [0.1, 0.15) is 5.82 Å². The van der Waals surface area contributed by atoms with Gasteiger partial charge in [0, 0.05) is 11.7 Å². The van der Waals surface area contributed by atoms with Crippen LogP contribution in [0.3, 0.4) is 0 Å². The Morgan fingerprint density at radius 2 is 1.89 bits per heavy atom. The van der Waals surface area contributed by atoms with Crippen molar-refractivity contribution in [1.82, 2.24) is 5.32 Å². The van der Waals surface area contributed by atoms with E-state index in [0.717, 1.165) is 36.8 Å². The highest BCUT2D eigenvalue weighted by Gasteiger charge is 2.50. The van der Waals surface area contributed by atoms with Gasteiger partial charge in [-0.2, -0.15) is 0 Å². The number of nitrogens with zero attached hydrogens (tertiary/aromatic N) is 1. The fourth-order valence-corrected chi connectivity index (χ4v) is 4.74. The van der Waals surface area contributed by atoms with Gasteiger partial charge in [0.2, 0.25) is 6.41 Å². The maximum atomic E-state index is 13.9. The molecule has 0 heterocycles. The molecule has 0 aromatic heterocycles. The topological polar surface area (TPSA) is 49.4 Å². The molecule has 146 valence electrons. The second-order valence-corrected chi connectivity index (χ2v) is 7.78. The standard InChI is InChI=1S/C23H25FN2O2/c24-18-8-6-11-20(15-18)26(16-27)23(14-13-17-7-4-5-12-21(17)23)22(28)25-19-9-2-1-3-10-19/h4-8,11-12,15-16,19H,1-3,9-10,13-14H2,(H,25,28). The van der Waals surface area contributed by atoms with Gasteiger partial charge in [-0.25, -0.2) is 4.39 Å². The van der Waals surface area contributed by atoms with E-state index in [-0.39, 0.29) is 11.9 Å². The van der Waals surface area contributed by atoms with Crippen molar-refractivity contribution < 1.29 is 14.0 Å². The number of hydrogen-bond donors (Lipinski definition) is 1. The predicted octanol–water partition coefficient (Wildman–Crippen LogP) is 4.08. The van der Waals surface area contributed by atoms with Crippen LogP contribution in [0.1, 0.15) is 49.7 Å². The van der Waals surface area contributed by atoms with Gasteiger partial charge in [-0.15, -0.1) is 0 Å². The molecule has 2 amide bonds. The average Bonchev–Trinajstić information content (AvgIpc) is 3.10. The lowest BCUT2D eigenvalue weighted by Crippen LogP contribution is -2.57. The van der Waals surface area contributed by atoms with Crippen LogP contribution in [0.5, 0.6) is 0 Å². The lowest BCUT2D eigenvalue weighted by Gasteiger charge is -2.39. The van der Waals surface area contributed by atoms with Crippen molar-refractivity contribution in [2.45, 2.75) is 56.5 Å². The van der Waals surface area contributed by atoms with Gasteiger partial charge in [-0.3, -0.25) is 14.5 Å². The summed E-state index contributed by atoms with van der Waals surface area (Å²) in [4.78, 5) is 27.3. The molecular weight excluding hydrogens is 355 g/mol. The van der Waals surface area contributed by atoms with E-state index in [2.05, 4.69) is 5.32 Å². The third-order valence-electron chi connectivity index (χ3n) is 6.14. The first-order valence-corrected chi connectivity index (χ1v) is 10.0. The van der Waals surface area contributed by atoms with E-state index >= 15 is 0 Å². The van der Waals surface area contributed by atoms with E-state index in [4.69, 9.17) is 0 Å². The second kappa shape index (κ2) is 7.74. The summed E-state index contributed by atoms with van der Waals surface area (Å²) >= 11 is 0. The van der Waals surface area contributed by atoms with Crippen molar-refractivity contribution >= 4 is 18.0 Å². The van der Waals surface area contributed by atoms with E-state index in [0.29, 0.717) is 24.9 Å². The van der Waals surface area contributed by atoms with E-state index in [1.165, 1.54) is 23.5 Å². The maximum absolute atomic E-state index is 13.9. The van der Waals surface area contributed by atoms with Gasteiger partial charge in [-0.05, 0) is 55.0 Å². The third-order valence-corrected chi connectivity index (χ3v) is 6.14. The van der Waals surface area contributed by atoms with Gasteiger partial charge >= 0.3 is 0 Å². The van der Waals surface area contributed by atoms with Crippen molar-refractivity contribution in [3.8, 4) is 0 Å². The highest BCUT2D eigenvalue weighted by atomic mass is 19.1. The molecule has 1 atom stereocenters. The van der Waals surface area contributed by atoms with Gasteiger partial charge in [0.05, 0.1) is 0 Å². The molecule has 1 N–H and O–H groups in total.